The van der Waals surface area contributed by atoms with Crippen molar-refractivity contribution in [2.45, 2.75) is 25.8 Å². The zero-order chi connectivity index (χ0) is 11.4. The Labute approximate surface area is 89.0 Å². The van der Waals surface area contributed by atoms with Crippen LogP contribution in [0.25, 0.3) is 0 Å². The molecule has 1 aliphatic heterocycles. The van der Waals surface area contributed by atoms with E-state index in [0.29, 0.717) is 13.0 Å². The number of likely N-dealkylation sites (tertiary alicyclic amines) is 1. The Morgan fingerprint density at radius 2 is 2.40 bits per heavy atom. The average Bonchev–Trinajstić information content (AvgIpc) is 2.62. The summed E-state index contributed by atoms with van der Waals surface area (Å²) in [6, 6.07) is -0.174. The maximum Gasteiger partial charge on any atom is 0.310 e. The molecule has 1 aliphatic rings. The molecule has 2 atom stereocenters. The van der Waals surface area contributed by atoms with E-state index in [2.05, 4.69) is 4.74 Å². The van der Waals surface area contributed by atoms with Gasteiger partial charge in [-0.2, -0.15) is 0 Å². The first-order chi connectivity index (χ1) is 7.13. The molecule has 0 aromatic rings. The van der Waals surface area contributed by atoms with E-state index in [4.69, 9.17) is 5.11 Å². The number of esters is 1. The van der Waals surface area contributed by atoms with Crippen LogP contribution in [-0.2, 0) is 14.3 Å². The van der Waals surface area contributed by atoms with Gasteiger partial charge in [0.2, 0.25) is 5.91 Å². The number of rotatable bonds is 4. The van der Waals surface area contributed by atoms with Gasteiger partial charge < -0.3 is 14.7 Å². The molecule has 0 aromatic carbocycles. The Kier molecular flexibility index (Phi) is 4.08. The van der Waals surface area contributed by atoms with Crippen molar-refractivity contribution < 1.29 is 19.4 Å². The highest BCUT2D eigenvalue weighted by molar-refractivity contribution is 5.86. The molecular formula is C10H17NO4. The van der Waals surface area contributed by atoms with Crippen molar-refractivity contribution in [2.24, 2.45) is 5.92 Å². The second-order valence-electron chi connectivity index (χ2n) is 3.71. The van der Waals surface area contributed by atoms with E-state index in [0.717, 1.165) is 0 Å². The summed E-state index contributed by atoms with van der Waals surface area (Å²) >= 11 is 0. The first-order valence-corrected chi connectivity index (χ1v) is 5.12. The van der Waals surface area contributed by atoms with E-state index < -0.39 is 0 Å². The highest BCUT2D eigenvalue weighted by Crippen LogP contribution is 2.22. The van der Waals surface area contributed by atoms with Gasteiger partial charge in [0.05, 0.1) is 25.7 Å². The highest BCUT2D eigenvalue weighted by Gasteiger charge is 2.37. The van der Waals surface area contributed by atoms with E-state index in [1.165, 1.54) is 7.11 Å². The lowest BCUT2D eigenvalue weighted by Gasteiger charge is -2.25. The van der Waals surface area contributed by atoms with Crippen molar-refractivity contribution in [3.63, 3.8) is 0 Å². The molecule has 0 aromatic heterocycles. The van der Waals surface area contributed by atoms with Gasteiger partial charge in [-0.05, 0) is 6.42 Å². The first-order valence-electron chi connectivity index (χ1n) is 5.12. The van der Waals surface area contributed by atoms with Crippen molar-refractivity contribution in [1.82, 2.24) is 4.90 Å². The average molecular weight is 215 g/mol. The van der Waals surface area contributed by atoms with Crippen molar-refractivity contribution in [2.75, 3.05) is 20.3 Å². The van der Waals surface area contributed by atoms with E-state index in [1.807, 2.05) is 6.92 Å². The van der Waals surface area contributed by atoms with Crippen LogP contribution in [0.3, 0.4) is 0 Å². The molecule has 1 fully saturated rings. The number of aliphatic hydroxyl groups excluding tert-OH is 1. The maximum absolute atomic E-state index is 11.6. The molecule has 1 N–H and O–H groups in total. The van der Waals surface area contributed by atoms with Crippen molar-refractivity contribution in [3.05, 3.63) is 0 Å². The molecule has 1 saturated heterocycles. The molecule has 1 amide bonds. The Morgan fingerprint density at radius 3 is 2.87 bits per heavy atom. The second-order valence-corrected chi connectivity index (χ2v) is 3.71. The summed E-state index contributed by atoms with van der Waals surface area (Å²) in [4.78, 5) is 24.4. The number of amides is 1. The lowest BCUT2D eigenvalue weighted by molar-refractivity contribution is -0.145. The van der Waals surface area contributed by atoms with Gasteiger partial charge in [-0.3, -0.25) is 9.59 Å². The summed E-state index contributed by atoms with van der Waals surface area (Å²) in [5.74, 6) is -0.798. The lowest BCUT2D eigenvalue weighted by Crippen LogP contribution is -2.39. The van der Waals surface area contributed by atoms with Gasteiger partial charge in [0.25, 0.3) is 0 Å². The fourth-order valence-corrected chi connectivity index (χ4v) is 1.86. The zero-order valence-corrected chi connectivity index (χ0v) is 9.10. The summed E-state index contributed by atoms with van der Waals surface area (Å²) in [5, 5.41) is 9.08. The van der Waals surface area contributed by atoms with Gasteiger partial charge in [0.15, 0.2) is 0 Å². The molecule has 0 aliphatic carbocycles. The van der Waals surface area contributed by atoms with Crippen molar-refractivity contribution in [3.8, 4) is 0 Å². The number of aliphatic hydroxyl groups is 1. The minimum absolute atomic E-state index is 0.0594. The zero-order valence-electron chi connectivity index (χ0n) is 9.10. The Balaban J connectivity index is 2.63. The van der Waals surface area contributed by atoms with Crippen molar-refractivity contribution in [1.29, 1.82) is 0 Å². The summed E-state index contributed by atoms with van der Waals surface area (Å²) < 4.78 is 4.60. The summed E-state index contributed by atoms with van der Waals surface area (Å²) in [7, 11) is 1.32. The molecule has 1 heterocycles. The predicted octanol–water partition coefficient (Wildman–Crippen LogP) is -0.221. The van der Waals surface area contributed by atoms with Gasteiger partial charge in [0.1, 0.15) is 0 Å². The highest BCUT2D eigenvalue weighted by atomic mass is 16.5. The smallest absolute Gasteiger partial charge is 0.310 e. The predicted molar refractivity (Wildman–Crippen MR) is 53.0 cm³/mol. The van der Waals surface area contributed by atoms with Crippen LogP contribution in [0.5, 0.6) is 0 Å². The molecular weight excluding hydrogens is 198 g/mol. The van der Waals surface area contributed by atoms with E-state index >= 15 is 0 Å². The standard InChI is InChI=1S/C10H17NO4/c1-3-8(6-12)11-5-7(4-9(11)13)10(14)15-2/h7-8,12H,3-6H2,1-2H3/t7?,8-/m0/s1. The summed E-state index contributed by atoms with van der Waals surface area (Å²) in [5.41, 5.74) is 0. The number of methoxy groups -OCH3 is 1. The number of ether oxygens (including phenoxy) is 1. The molecule has 86 valence electrons. The van der Waals surface area contributed by atoms with Crippen LogP contribution >= 0.6 is 0 Å². The van der Waals surface area contributed by atoms with Crippen LogP contribution in [0, 0.1) is 5.92 Å². The SMILES string of the molecule is CC[C@@H](CO)N1CC(C(=O)OC)CC1=O. The number of hydrogen-bond acceptors (Lipinski definition) is 4. The number of hydrogen-bond donors (Lipinski definition) is 1. The summed E-state index contributed by atoms with van der Waals surface area (Å²) in [6.07, 6.45) is 0.888. The maximum atomic E-state index is 11.6. The van der Waals surface area contributed by atoms with Gasteiger partial charge >= 0.3 is 5.97 Å². The second kappa shape index (κ2) is 5.11. The fraction of sp³-hybridized carbons (Fsp3) is 0.800. The van der Waals surface area contributed by atoms with Crippen LogP contribution in [0.2, 0.25) is 0 Å². The van der Waals surface area contributed by atoms with Crippen LogP contribution in [0.1, 0.15) is 19.8 Å². The van der Waals surface area contributed by atoms with Gasteiger partial charge in [-0.1, -0.05) is 6.92 Å². The van der Waals surface area contributed by atoms with Crippen LogP contribution in [0.15, 0.2) is 0 Å². The normalized spacial score (nSPS) is 23.0. The Hall–Kier alpha value is -1.10. The summed E-state index contributed by atoms with van der Waals surface area (Å²) in [6.45, 7) is 2.21. The quantitative estimate of drug-likeness (QED) is 0.658. The third kappa shape index (κ3) is 2.47. The molecule has 0 radical (unpaired) electrons. The molecule has 1 rings (SSSR count). The third-order valence-corrected chi connectivity index (χ3v) is 2.82. The largest absolute Gasteiger partial charge is 0.469 e. The number of carbonyl (C=O) groups is 2. The topological polar surface area (TPSA) is 66.8 Å². The molecule has 15 heavy (non-hydrogen) atoms. The minimum atomic E-state index is -0.372. The van der Waals surface area contributed by atoms with Crippen molar-refractivity contribution >= 4 is 11.9 Å². The lowest BCUT2D eigenvalue weighted by atomic mass is 10.1. The molecule has 1 unspecified atom stereocenters. The van der Waals surface area contributed by atoms with E-state index in [9.17, 15) is 9.59 Å². The van der Waals surface area contributed by atoms with Gasteiger partial charge in [-0.15, -0.1) is 0 Å². The number of nitrogens with zero attached hydrogens (tertiary/aromatic N) is 1. The number of carbonyl (C=O) groups excluding carboxylic acids is 2. The molecule has 5 nitrogen and oxygen atoms in total. The minimum Gasteiger partial charge on any atom is -0.469 e. The third-order valence-electron chi connectivity index (χ3n) is 2.82. The first kappa shape index (κ1) is 12.0. The molecule has 0 bridgehead atoms. The van der Waals surface area contributed by atoms with E-state index in [1.54, 1.807) is 4.90 Å². The molecule has 0 saturated carbocycles. The monoisotopic (exact) mass is 215 g/mol. The van der Waals surface area contributed by atoms with Crippen LogP contribution in [-0.4, -0.2) is 48.2 Å². The fourth-order valence-electron chi connectivity index (χ4n) is 1.86. The van der Waals surface area contributed by atoms with Gasteiger partial charge in [0, 0.05) is 13.0 Å². The molecule has 0 spiro atoms. The van der Waals surface area contributed by atoms with Crippen LogP contribution in [0.4, 0.5) is 0 Å². The Morgan fingerprint density at radius 1 is 1.73 bits per heavy atom. The Bertz CT molecular complexity index is 250. The van der Waals surface area contributed by atoms with E-state index in [-0.39, 0.29) is 36.9 Å². The van der Waals surface area contributed by atoms with Crippen LogP contribution < -0.4 is 0 Å². The van der Waals surface area contributed by atoms with Gasteiger partial charge in [-0.25, -0.2) is 0 Å². The molecule has 5 heteroatoms.